The second-order valence-corrected chi connectivity index (χ2v) is 9.12. The Morgan fingerprint density at radius 1 is 1.14 bits per heavy atom. The van der Waals surface area contributed by atoms with Crippen molar-refractivity contribution in [2.75, 3.05) is 23.3 Å². The first kappa shape index (κ1) is 20.1. The number of piperidine rings is 1. The molecular weight excluding hydrogens is 354 g/mol. The number of hydrogen-bond acceptors (Lipinski definition) is 4. The number of rotatable bonds is 3. The third kappa shape index (κ3) is 4.26. The van der Waals surface area contributed by atoms with E-state index in [9.17, 15) is 14.7 Å². The van der Waals surface area contributed by atoms with E-state index in [-0.39, 0.29) is 11.5 Å². The van der Waals surface area contributed by atoms with Gasteiger partial charge in [-0.2, -0.15) is 0 Å². The lowest BCUT2D eigenvalue weighted by Crippen LogP contribution is -2.39. The zero-order valence-corrected chi connectivity index (χ0v) is 17.2. The summed E-state index contributed by atoms with van der Waals surface area (Å²) in [5, 5.41) is 13.2. The summed E-state index contributed by atoms with van der Waals surface area (Å²) < 4.78 is 0. The molecule has 1 aromatic carbocycles. The molecule has 1 amide bonds. The summed E-state index contributed by atoms with van der Waals surface area (Å²) in [5.74, 6) is 0.680. The van der Waals surface area contributed by atoms with E-state index < -0.39 is 11.4 Å². The van der Waals surface area contributed by atoms with Crippen LogP contribution in [0.25, 0.3) is 10.9 Å². The summed E-state index contributed by atoms with van der Waals surface area (Å²) in [7, 11) is 0. The molecule has 1 fully saturated rings. The normalized spacial score (nSPS) is 20.2. The fourth-order valence-corrected chi connectivity index (χ4v) is 3.80. The zero-order valence-electron chi connectivity index (χ0n) is 17.2. The molecule has 2 atom stereocenters. The van der Waals surface area contributed by atoms with Crippen LogP contribution in [-0.4, -0.2) is 35.1 Å². The maximum atomic E-state index is 12.3. The summed E-state index contributed by atoms with van der Waals surface area (Å²) in [6, 6.07) is 6.90. The van der Waals surface area contributed by atoms with Crippen LogP contribution in [0.1, 0.15) is 51.4 Å². The zero-order chi connectivity index (χ0) is 20.6. The number of fused-ring (bicyclic) bond motifs is 1. The van der Waals surface area contributed by atoms with Gasteiger partial charge in [0.1, 0.15) is 5.82 Å². The Labute approximate surface area is 165 Å². The molecular formula is C22H29N3O3. The Hall–Kier alpha value is -2.63. The Bertz CT molecular complexity index is 907. The Morgan fingerprint density at radius 2 is 1.79 bits per heavy atom. The van der Waals surface area contributed by atoms with Crippen molar-refractivity contribution in [2.45, 2.75) is 41.0 Å². The first-order valence-corrected chi connectivity index (χ1v) is 9.79. The highest BCUT2D eigenvalue weighted by molar-refractivity contribution is 6.05. The second-order valence-electron chi connectivity index (χ2n) is 9.12. The van der Waals surface area contributed by atoms with Crippen molar-refractivity contribution < 1.29 is 14.7 Å². The first-order valence-electron chi connectivity index (χ1n) is 9.79. The molecule has 1 saturated heterocycles. The molecule has 6 heteroatoms. The lowest BCUT2D eigenvalue weighted by molar-refractivity contribution is -0.123. The van der Waals surface area contributed by atoms with Gasteiger partial charge in [-0.3, -0.25) is 4.79 Å². The van der Waals surface area contributed by atoms with Crippen LogP contribution in [0.3, 0.4) is 0 Å². The summed E-state index contributed by atoms with van der Waals surface area (Å²) >= 11 is 0. The molecule has 1 aromatic heterocycles. The van der Waals surface area contributed by atoms with Gasteiger partial charge in [0.05, 0.1) is 11.1 Å². The molecule has 2 aromatic rings. The monoisotopic (exact) mass is 383 g/mol. The molecule has 28 heavy (non-hydrogen) atoms. The Balaban J connectivity index is 2.01. The number of amides is 1. The Kier molecular flexibility index (Phi) is 5.33. The fourth-order valence-electron chi connectivity index (χ4n) is 3.80. The van der Waals surface area contributed by atoms with Gasteiger partial charge in [0.25, 0.3) is 0 Å². The van der Waals surface area contributed by atoms with Crippen molar-refractivity contribution >= 4 is 34.3 Å². The molecule has 0 spiro atoms. The molecule has 0 radical (unpaired) electrons. The van der Waals surface area contributed by atoms with Crippen molar-refractivity contribution in [3.63, 3.8) is 0 Å². The number of nitrogens with zero attached hydrogens (tertiary/aromatic N) is 2. The van der Waals surface area contributed by atoms with E-state index in [0.29, 0.717) is 34.2 Å². The molecule has 150 valence electrons. The van der Waals surface area contributed by atoms with Crippen molar-refractivity contribution in [1.82, 2.24) is 4.98 Å². The van der Waals surface area contributed by atoms with E-state index >= 15 is 0 Å². The SMILES string of the molecule is CC1CC(C)CN(c2cc(C(=O)O)c3cc(NC(=O)C(C)(C)C)ccc3n2)C1. The number of nitrogens with one attached hydrogen (secondary N) is 1. The van der Waals surface area contributed by atoms with Gasteiger partial charge in [0, 0.05) is 29.6 Å². The molecule has 1 aliphatic heterocycles. The van der Waals surface area contributed by atoms with Crippen molar-refractivity contribution in [3.8, 4) is 0 Å². The molecule has 0 saturated carbocycles. The number of anilines is 2. The number of pyridine rings is 1. The van der Waals surface area contributed by atoms with Crippen LogP contribution >= 0.6 is 0 Å². The van der Waals surface area contributed by atoms with Crippen LogP contribution in [0.15, 0.2) is 24.3 Å². The largest absolute Gasteiger partial charge is 0.478 e. The number of carbonyl (C=O) groups is 2. The highest BCUT2D eigenvalue weighted by Crippen LogP contribution is 2.30. The van der Waals surface area contributed by atoms with Crippen LogP contribution < -0.4 is 10.2 Å². The van der Waals surface area contributed by atoms with Crippen LogP contribution in [0.4, 0.5) is 11.5 Å². The number of aromatic carboxylic acids is 1. The third-order valence-corrected chi connectivity index (χ3v) is 5.16. The summed E-state index contributed by atoms with van der Waals surface area (Å²) in [6.45, 7) is 11.7. The minimum atomic E-state index is -0.994. The summed E-state index contributed by atoms with van der Waals surface area (Å²) in [5.41, 5.74) is 0.867. The molecule has 2 heterocycles. The van der Waals surface area contributed by atoms with Crippen molar-refractivity contribution in [3.05, 3.63) is 29.8 Å². The minimum absolute atomic E-state index is 0.121. The molecule has 6 nitrogen and oxygen atoms in total. The maximum absolute atomic E-state index is 12.3. The van der Waals surface area contributed by atoms with Gasteiger partial charge in [0.15, 0.2) is 0 Å². The van der Waals surface area contributed by atoms with Gasteiger partial charge in [-0.05, 0) is 42.5 Å². The molecule has 2 unspecified atom stereocenters. The molecule has 0 bridgehead atoms. The van der Waals surface area contributed by atoms with E-state index in [1.165, 1.54) is 6.42 Å². The predicted molar refractivity (Wildman–Crippen MR) is 112 cm³/mol. The topological polar surface area (TPSA) is 82.5 Å². The number of carboxylic acids is 1. The summed E-state index contributed by atoms with van der Waals surface area (Å²) in [6.07, 6.45) is 1.17. The number of carboxylic acid groups (broad SMARTS) is 1. The number of benzene rings is 1. The van der Waals surface area contributed by atoms with E-state index in [4.69, 9.17) is 4.98 Å². The highest BCUT2D eigenvalue weighted by Gasteiger charge is 2.25. The second kappa shape index (κ2) is 7.41. The molecule has 3 rings (SSSR count). The highest BCUT2D eigenvalue weighted by atomic mass is 16.4. The van der Waals surface area contributed by atoms with Crippen molar-refractivity contribution in [2.24, 2.45) is 17.3 Å². The smallest absolute Gasteiger partial charge is 0.336 e. The predicted octanol–water partition coefficient (Wildman–Crippen LogP) is 4.40. The average Bonchev–Trinajstić information content (AvgIpc) is 2.59. The van der Waals surface area contributed by atoms with Crippen LogP contribution in [0, 0.1) is 17.3 Å². The van der Waals surface area contributed by atoms with Crippen molar-refractivity contribution in [1.29, 1.82) is 0 Å². The standard InChI is InChI=1S/C22H29N3O3/c1-13-8-14(2)12-25(11-13)19-10-17(20(26)27)16-9-15(6-7-18(16)24-19)23-21(28)22(3,4)5/h6-7,9-10,13-14H,8,11-12H2,1-5H3,(H,23,28)(H,26,27). The van der Waals surface area contributed by atoms with Gasteiger partial charge in [-0.25, -0.2) is 9.78 Å². The van der Waals surface area contributed by atoms with Gasteiger partial charge in [-0.1, -0.05) is 34.6 Å². The number of hydrogen-bond donors (Lipinski definition) is 2. The maximum Gasteiger partial charge on any atom is 0.336 e. The van der Waals surface area contributed by atoms with Gasteiger partial charge in [0.2, 0.25) is 5.91 Å². The average molecular weight is 383 g/mol. The molecule has 0 aliphatic carbocycles. The van der Waals surface area contributed by atoms with E-state index in [0.717, 1.165) is 13.1 Å². The van der Waals surface area contributed by atoms with Gasteiger partial charge >= 0.3 is 5.97 Å². The lowest BCUT2D eigenvalue weighted by Gasteiger charge is -2.36. The minimum Gasteiger partial charge on any atom is -0.478 e. The molecule has 1 aliphatic rings. The van der Waals surface area contributed by atoms with Crippen LogP contribution in [-0.2, 0) is 4.79 Å². The van der Waals surface area contributed by atoms with E-state index in [1.807, 2.05) is 20.8 Å². The Morgan fingerprint density at radius 3 is 2.36 bits per heavy atom. The van der Waals surface area contributed by atoms with E-state index in [2.05, 4.69) is 24.1 Å². The molecule has 2 N–H and O–H groups in total. The number of aromatic nitrogens is 1. The quantitative estimate of drug-likeness (QED) is 0.821. The van der Waals surface area contributed by atoms with E-state index in [1.54, 1.807) is 24.3 Å². The van der Waals surface area contributed by atoms with Gasteiger partial charge < -0.3 is 15.3 Å². The number of carbonyl (C=O) groups excluding carboxylic acids is 1. The van der Waals surface area contributed by atoms with Crippen LogP contribution in [0.2, 0.25) is 0 Å². The lowest BCUT2D eigenvalue weighted by atomic mass is 9.92. The third-order valence-electron chi connectivity index (χ3n) is 5.16. The summed E-state index contributed by atoms with van der Waals surface area (Å²) in [4.78, 5) is 31.1. The first-order chi connectivity index (χ1) is 13.0. The fraction of sp³-hybridized carbons (Fsp3) is 0.500. The van der Waals surface area contributed by atoms with Gasteiger partial charge in [-0.15, -0.1) is 0 Å². The van der Waals surface area contributed by atoms with Crippen LogP contribution in [0.5, 0.6) is 0 Å².